The molecule has 0 radical (unpaired) electrons. The Kier molecular flexibility index (Phi) is 16.6. The van der Waals surface area contributed by atoms with E-state index >= 15 is 0 Å². The van der Waals surface area contributed by atoms with Crippen LogP contribution in [0.25, 0.3) is 0 Å². The zero-order valence-electron chi connectivity index (χ0n) is 22.4. The fraction of sp³-hybridized carbons (Fsp3) is 0.577. The van der Waals surface area contributed by atoms with Gasteiger partial charge in [-0.25, -0.2) is 4.79 Å². The summed E-state index contributed by atoms with van der Waals surface area (Å²) in [5.74, 6) is -2.81. The number of hydrogen-bond acceptors (Lipinski definition) is 7. The summed E-state index contributed by atoms with van der Waals surface area (Å²) in [5.41, 5.74) is 22.5. The van der Waals surface area contributed by atoms with E-state index < -0.39 is 35.9 Å². The molecule has 0 saturated heterocycles. The van der Waals surface area contributed by atoms with Crippen LogP contribution in [0.5, 0.6) is 0 Å². The number of aliphatic carboxylic acids is 1. The minimum atomic E-state index is -1.21. The van der Waals surface area contributed by atoms with Crippen LogP contribution in [0.2, 0.25) is 0 Å². The highest BCUT2D eigenvalue weighted by molar-refractivity contribution is 5.93. The van der Waals surface area contributed by atoms with E-state index in [1.807, 2.05) is 30.3 Å². The molecule has 13 heteroatoms. The van der Waals surface area contributed by atoms with Crippen LogP contribution in [-0.4, -0.2) is 72.5 Å². The van der Waals surface area contributed by atoms with Crippen LogP contribution in [0.3, 0.4) is 0 Å². The van der Waals surface area contributed by atoms with Gasteiger partial charge in [0.15, 0.2) is 5.96 Å². The van der Waals surface area contributed by atoms with E-state index in [9.17, 15) is 24.3 Å². The molecule has 12 N–H and O–H groups in total. The molecule has 0 heterocycles. The lowest BCUT2D eigenvalue weighted by Crippen LogP contribution is -2.55. The van der Waals surface area contributed by atoms with Gasteiger partial charge in [0.2, 0.25) is 17.7 Å². The number of aliphatic imine (C=N–C) groups is 1. The number of nitrogens with two attached hydrogens (primary N) is 4. The molecule has 3 amide bonds. The van der Waals surface area contributed by atoms with Crippen molar-refractivity contribution in [2.45, 2.75) is 75.9 Å². The number of guanidine groups is 1. The molecule has 0 aromatic heterocycles. The fourth-order valence-electron chi connectivity index (χ4n) is 3.86. The quantitative estimate of drug-likeness (QED) is 0.0570. The third-order valence-electron chi connectivity index (χ3n) is 5.95. The monoisotopic (exact) mass is 548 g/mol. The van der Waals surface area contributed by atoms with Gasteiger partial charge >= 0.3 is 5.97 Å². The minimum absolute atomic E-state index is 0.0958. The van der Waals surface area contributed by atoms with Gasteiger partial charge in [0.1, 0.15) is 18.1 Å². The first-order valence-electron chi connectivity index (χ1n) is 13.3. The summed E-state index contributed by atoms with van der Waals surface area (Å²) in [7, 11) is 0. The fourth-order valence-corrected chi connectivity index (χ4v) is 3.86. The maximum atomic E-state index is 13.3. The first-order chi connectivity index (χ1) is 18.7. The Balaban J connectivity index is 2.93. The number of carbonyl (C=O) groups excluding carboxylic acids is 3. The molecule has 13 nitrogen and oxygen atoms in total. The van der Waals surface area contributed by atoms with Crippen LogP contribution in [0.15, 0.2) is 35.3 Å². The highest BCUT2D eigenvalue weighted by Gasteiger charge is 2.29. The Morgan fingerprint density at radius 2 is 1.26 bits per heavy atom. The number of carbonyl (C=O) groups is 4. The average Bonchev–Trinajstić information content (AvgIpc) is 2.89. The van der Waals surface area contributed by atoms with Crippen LogP contribution < -0.4 is 38.9 Å². The molecule has 0 bridgehead atoms. The number of rotatable bonds is 20. The van der Waals surface area contributed by atoms with Gasteiger partial charge in [0, 0.05) is 6.54 Å². The standard InChI is InChI=1S/C26H44N8O5/c27-14-6-4-11-19(32-22(35)17-18-9-2-1-3-10-18)23(36)33-20(12-5-7-15-28)24(37)34-21(25(38)39)13-8-16-31-26(29)30/h1-3,9-10,19-21H,4-8,11-17,27-28H2,(H,32,35)(H,33,36)(H,34,37)(H,38,39)(H4,29,30,31)/t19-,20-,21-/m1/s1. The molecular weight excluding hydrogens is 504 g/mol. The average molecular weight is 549 g/mol. The van der Waals surface area contributed by atoms with Crippen molar-refractivity contribution in [1.82, 2.24) is 16.0 Å². The minimum Gasteiger partial charge on any atom is -0.480 e. The van der Waals surface area contributed by atoms with E-state index in [0.717, 1.165) is 5.56 Å². The van der Waals surface area contributed by atoms with Gasteiger partial charge in [-0.3, -0.25) is 19.4 Å². The van der Waals surface area contributed by atoms with Gasteiger partial charge in [0.05, 0.1) is 6.42 Å². The third kappa shape index (κ3) is 14.7. The maximum Gasteiger partial charge on any atom is 0.326 e. The van der Waals surface area contributed by atoms with Crippen molar-refractivity contribution in [3.05, 3.63) is 35.9 Å². The van der Waals surface area contributed by atoms with Gasteiger partial charge in [-0.05, 0) is 70.0 Å². The summed E-state index contributed by atoms with van der Waals surface area (Å²) in [6, 6.07) is 6.05. The number of nitrogens with zero attached hydrogens (tertiary/aromatic N) is 1. The van der Waals surface area contributed by atoms with Crippen molar-refractivity contribution in [3.8, 4) is 0 Å². The highest BCUT2D eigenvalue weighted by Crippen LogP contribution is 2.08. The van der Waals surface area contributed by atoms with Crippen molar-refractivity contribution in [3.63, 3.8) is 0 Å². The number of carboxylic acid groups (broad SMARTS) is 1. The Hall–Kier alpha value is -3.71. The molecule has 1 aromatic carbocycles. The zero-order chi connectivity index (χ0) is 29.0. The van der Waals surface area contributed by atoms with Gasteiger partial charge in [-0.1, -0.05) is 30.3 Å². The smallest absolute Gasteiger partial charge is 0.326 e. The molecule has 0 saturated carbocycles. The molecule has 0 fully saturated rings. The number of carboxylic acids is 1. The lowest BCUT2D eigenvalue weighted by Gasteiger charge is -2.25. The molecule has 0 aliphatic rings. The van der Waals surface area contributed by atoms with Crippen molar-refractivity contribution in [2.75, 3.05) is 19.6 Å². The summed E-state index contributed by atoms with van der Waals surface area (Å²) in [4.78, 5) is 54.6. The van der Waals surface area contributed by atoms with Gasteiger partial charge in [-0.2, -0.15) is 0 Å². The second kappa shape index (κ2) is 19.4. The predicted molar refractivity (Wildman–Crippen MR) is 149 cm³/mol. The van der Waals surface area contributed by atoms with Crippen molar-refractivity contribution in [2.24, 2.45) is 27.9 Å². The van der Waals surface area contributed by atoms with Crippen LogP contribution in [0, 0.1) is 0 Å². The van der Waals surface area contributed by atoms with E-state index in [1.165, 1.54) is 0 Å². The van der Waals surface area contributed by atoms with Crippen molar-refractivity contribution in [1.29, 1.82) is 0 Å². The molecule has 0 aliphatic carbocycles. The molecule has 1 rings (SSSR count). The van der Waals surface area contributed by atoms with Crippen LogP contribution in [0.4, 0.5) is 0 Å². The second-order valence-corrected chi connectivity index (χ2v) is 9.26. The molecular formula is C26H44N8O5. The largest absolute Gasteiger partial charge is 0.480 e. The lowest BCUT2D eigenvalue weighted by atomic mass is 10.0. The number of unbranched alkanes of at least 4 members (excludes halogenated alkanes) is 2. The normalized spacial score (nSPS) is 13.0. The molecule has 0 spiro atoms. The molecule has 0 unspecified atom stereocenters. The summed E-state index contributed by atoms with van der Waals surface area (Å²) in [6.45, 7) is 1.06. The highest BCUT2D eigenvalue weighted by atomic mass is 16.4. The van der Waals surface area contributed by atoms with Crippen LogP contribution in [-0.2, 0) is 25.6 Å². The summed E-state index contributed by atoms with van der Waals surface area (Å²) < 4.78 is 0. The molecule has 39 heavy (non-hydrogen) atoms. The van der Waals surface area contributed by atoms with Crippen molar-refractivity contribution < 1.29 is 24.3 Å². The Labute approximate surface area is 229 Å². The van der Waals surface area contributed by atoms with Crippen molar-refractivity contribution >= 4 is 29.7 Å². The number of amides is 3. The Morgan fingerprint density at radius 3 is 1.77 bits per heavy atom. The summed E-state index contributed by atoms with van der Waals surface area (Å²) >= 11 is 0. The predicted octanol–water partition coefficient (Wildman–Crippen LogP) is -0.920. The first kappa shape index (κ1) is 33.3. The van der Waals surface area contributed by atoms with E-state index in [2.05, 4.69) is 20.9 Å². The molecule has 218 valence electrons. The number of hydrogen-bond donors (Lipinski definition) is 8. The zero-order valence-corrected chi connectivity index (χ0v) is 22.4. The summed E-state index contributed by atoms with van der Waals surface area (Å²) in [6.07, 6.45) is 3.53. The lowest BCUT2D eigenvalue weighted by molar-refractivity contribution is -0.142. The molecule has 3 atom stereocenters. The van der Waals surface area contributed by atoms with E-state index in [1.54, 1.807) is 0 Å². The van der Waals surface area contributed by atoms with E-state index in [4.69, 9.17) is 22.9 Å². The Morgan fingerprint density at radius 1 is 0.744 bits per heavy atom. The van der Waals surface area contributed by atoms with Gasteiger partial charge < -0.3 is 44.0 Å². The number of nitrogens with one attached hydrogen (secondary N) is 3. The number of benzene rings is 1. The first-order valence-corrected chi connectivity index (χ1v) is 13.3. The third-order valence-corrected chi connectivity index (χ3v) is 5.95. The molecule has 1 aromatic rings. The van der Waals surface area contributed by atoms with Gasteiger partial charge in [-0.15, -0.1) is 0 Å². The van der Waals surface area contributed by atoms with E-state index in [-0.39, 0.29) is 37.7 Å². The maximum absolute atomic E-state index is 13.3. The summed E-state index contributed by atoms with van der Waals surface area (Å²) in [5, 5.41) is 17.6. The molecule has 0 aliphatic heterocycles. The Bertz CT molecular complexity index is 924. The van der Waals surface area contributed by atoms with Gasteiger partial charge in [0.25, 0.3) is 0 Å². The van der Waals surface area contributed by atoms with Crippen LogP contribution in [0.1, 0.15) is 56.9 Å². The van der Waals surface area contributed by atoms with E-state index in [0.29, 0.717) is 51.6 Å². The second-order valence-electron chi connectivity index (χ2n) is 9.26. The SMILES string of the molecule is NCCCC[C@@H](NC(=O)Cc1ccccc1)C(=O)N[C@H](CCCCN)C(=O)N[C@H](CCCN=C(N)N)C(=O)O. The topological polar surface area (TPSA) is 241 Å². The van der Waals surface area contributed by atoms with Crippen LogP contribution >= 0.6 is 0 Å².